The van der Waals surface area contributed by atoms with Crippen LogP contribution >= 0.6 is 11.8 Å². The van der Waals surface area contributed by atoms with Crippen LogP contribution in [0.5, 0.6) is 0 Å². The van der Waals surface area contributed by atoms with Crippen LogP contribution in [0.3, 0.4) is 0 Å². The van der Waals surface area contributed by atoms with E-state index in [4.69, 9.17) is 0 Å². The summed E-state index contributed by atoms with van der Waals surface area (Å²) in [6.45, 7) is 6.77. The van der Waals surface area contributed by atoms with Gasteiger partial charge in [-0.3, -0.25) is 4.57 Å². The summed E-state index contributed by atoms with van der Waals surface area (Å²) in [5.74, 6) is 2.57. The number of hydrogen-bond acceptors (Lipinski definition) is 3. The number of thioether (sulfide) groups is 1. The van der Waals surface area contributed by atoms with E-state index < -0.39 is 0 Å². The van der Waals surface area contributed by atoms with E-state index in [2.05, 4.69) is 90.1 Å². The van der Waals surface area contributed by atoms with Crippen molar-refractivity contribution in [1.82, 2.24) is 14.8 Å². The van der Waals surface area contributed by atoms with Gasteiger partial charge in [-0.2, -0.15) is 0 Å². The Hall–Kier alpha value is -2.07. The van der Waals surface area contributed by atoms with Crippen molar-refractivity contribution in [2.45, 2.75) is 75.1 Å². The van der Waals surface area contributed by atoms with Gasteiger partial charge in [-0.25, -0.2) is 0 Å². The van der Waals surface area contributed by atoms with Crippen molar-refractivity contribution < 1.29 is 0 Å². The first kappa shape index (κ1) is 20.2. The largest absolute Gasteiger partial charge is 0.274 e. The topological polar surface area (TPSA) is 30.7 Å². The van der Waals surface area contributed by atoms with Crippen molar-refractivity contribution in [1.29, 1.82) is 0 Å². The summed E-state index contributed by atoms with van der Waals surface area (Å²) in [5, 5.41) is 10.3. The molecule has 1 aliphatic rings. The molecule has 0 spiro atoms. The molecule has 4 heteroatoms. The highest BCUT2D eigenvalue weighted by Crippen LogP contribution is 2.35. The molecule has 0 N–H and O–H groups in total. The van der Waals surface area contributed by atoms with Gasteiger partial charge >= 0.3 is 0 Å². The summed E-state index contributed by atoms with van der Waals surface area (Å²) in [5.41, 5.74) is 4.06. The average Bonchev–Trinajstić information content (AvgIpc) is 3.17. The van der Waals surface area contributed by atoms with Crippen molar-refractivity contribution in [3.05, 3.63) is 71.5 Å². The van der Waals surface area contributed by atoms with Gasteiger partial charge in [0, 0.05) is 17.4 Å². The second kappa shape index (κ2) is 8.74. The van der Waals surface area contributed by atoms with E-state index in [1.54, 1.807) is 11.8 Å². The van der Waals surface area contributed by atoms with Crippen LogP contribution in [0.2, 0.25) is 0 Å². The van der Waals surface area contributed by atoms with Crippen LogP contribution in [0.4, 0.5) is 0 Å². The first-order chi connectivity index (χ1) is 14.0. The van der Waals surface area contributed by atoms with Gasteiger partial charge in [-0.1, -0.05) is 94.3 Å². The Morgan fingerprint density at radius 3 is 2.24 bits per heavy atom. The number of para-hydroxylation sites is 1. The Morgan fingerprint density at radius 2 is 1.59 bits per heavy atom. The second-order valence-corrected chi connectivity index (χ2v) is 10.0. The third-order valence-corrected chi connectivity index (χ3v) is 6.83. The smallest absolute Gasteiger partial charge is 0.196 e. The maximum absolute atomic E-state index is 4.67. The summed E-state index contributed by atoms with van der Waals surface area (Å²) in [7, 11) is 0. The van der Waals surface area contributed by atoms with Crippen LogP contribution in [0, 0.1) is 0 Å². The van der Waals surface area contributed by atoms with Crippen molar-refractivity contribution in [3.8, 4) is 5.69 Å². The Morgan fingerprint density at radius 1 is 0.897 bits per heavy atom. The maximum Gasteiger partial charge on any atom is 0.196 e. The van der Waals surface area contributed by atoms with Gasteiger partial charge in [0.05, 0.1) is 0 Å². The number of rotatable bonds is 5. The molecule has 29 heavy (non-hydrogen) atoms. The minimum absolute atomic E-state index is 0.189. The monoisotopic (exact) mass is 405 g/mol. The summed E-state index contributed by atoms with van der Waals surface area (Å²) in [6.07, 6.45) is 6.40. The van der Waals surface area contributed by atoms with Crippen molar-refractivity contribution in [3.63, 3.8) is 0 Å². The molecular weight excluding hydrogens is 374 g/mol. The molecule has 1 saturated carbocycles. The summed E-state index contributed by atoms with van der Waals surface area (Å²) in [6, 6.07) is 19.6. The van der Waals surface area contributed by atoms with Crippen LogP contribution in [0.25, 0.3) is 5.69 Å². The highest BCUT2D eigenvalue weighted by molar-refractivity contribution is 7.98. The highest BCUT2D eigenvalue weighted by atomic mass is 32.2. The number of hydrogen-bond donors (Lipinski definition) is 0. The molecular formula is C25H31N3S. The molecule has 0 radical (unpaired) electrons. The van der Waals surface area contributed by atoms with Gasteiger partial charge in [0.1, 0.15) is 5.82 Å². The third-order valence-electron chi connectivity index (χ3n) is 5.83. The molecule has 0 aliphatic heterocycles. The fourth-order valence-electron chi connectivity index (χ4n) is 4.07. The van der Waals surface area contributed by atoms with Crippen molar-refractivity contribution in [2.75, 3.05) is 0 Å². The predicted octanol–water partition coefficient (Wildman–Crippen LogP) is 6.90. The number of benzene rings is 2. The van der Waals surface area contributed by atoms with Crippen molar-refractivity contribution in [2.24, 2.45) is 0 Å². The minimum atomic E-state index is 0.189. The van der Waals surface area contributed by atoms with E-state index in [-0.39, 0.29) is 5.41 Å². The predicted molar refractivity (Wildman–Crippen MR) is 122 cm³/mol. The zero-order valence-corrected chi connectivity index (χ0v) is 18.6. The summed E-state index contributed by atoms with van der Waals surface area (Å²) >= 11 is 1.78. The first-order valence-corrected chi connectivity index (χ1v) is 11.7. The maximum atomic E-state index is 4.67. The molecule has 0 bridgehead atoms. The molecule has 3 nitrogen and oxygen atoms in total. The molecule has 1 aliphatic carbocycles. The molecule has 2 aromatic carbocycles. The van der Waals surface area contributed by atoms with Crippen LogP contribution in [0.15, 0.2) is 59.8 Å². The highest BCUT2D eigenvalue weighted by Gasteiger charge is 2.24. The second-order valence-electron chi connectivity index (χ2n) is 9.08. The van der Waals surface area contributed by atoms with Gasteiger partial charge in [0.25, 0.3) is 0 Å². The van der Waals surface area contributed by atoms with E-state index in [1.165, 1.54) is 48.9 Å². The Bertz CT molecular complexity index is 917. The molecule has 1 aromatic heterocycles. The van der Waals surface area contributed by atoms with Gasteiger partial charge < -0.3 is 0 Å². The molecule has 1 fully saturated rings. The molecule has 0 unspecified atom stereocenters. The molecule has 152 valence electrons. The van der Waals surface area contributed by atoms with Crippen LogP contribution < -0.4 is 0 Å². The van der Waals surface area contributed by atoms with Crippen LogP contribution in [-0.4, -0.2) is 14.8 Å². The van der Waals surface area contributed by atoms with E-state index in [1.807, 2.05) is 0 Å². The average molecular weight is 406 g/mol. The fourth-order valence-corrected chi connectivity index (χ4v) is 4.98. The lowest BCUT2D eigenvalue weighted by molar-refractivity contribution is 0.423. The minimum Gasteiger partial charge on any atom is -0.274 e. The van der Waals surface area contributed by atoms with Crippen LogP contribution in [0.1, 0.15) is 75.7 Å². The van der Waals surface area contributed by atoms with Gasteiger partial charge in [-0.15, -0.1) is 10.2 Å². The Labute approximate surface area is 179 Å². The lowest BCUT2D eigenvalue weighted by Gasteiger charge is -2.22. The van der Waals surface area contributed by atoms with Gasteiger partial charge in [-0.05, 0) is 41.5 Å². The van der Waals surface area contributed by atoms with Gasteiger partial charge in [0.2, 0.25) is 0 Å². The molecule has 0 saturated heterocycles. The fraction of sp³-hybridized carbons (Fsp3) is 0.440. The van der Waals surface area contributed by atoms with Crippen LogP contribution in [-0.2, 0) is 11.2 Å². The zero-order valence-electron chi connectivity index (χ0n) is 17.8. The standard InChI is InChI=1S/C25H31N3S/c1-25(2,3)21-16-14-19(15-17-21)18-29-24-27-26-23(20-10-6-4-7-11-20)28(24)22-12-8-5-9-13-22/h5,8-9,12-17,20H,4,6-7,10-11,18H2,1-3H3. The van der Waals surface area contributed by atoms with E-state index in [9.17, 15) is 0 Å². The summed E-state index contributed by atoms with van der Waals surface area (Å²) < 4.78 is 2.30. The normalized spacial score (nSPS) is 15.6. The SMILES string of the molecule is CC(C)(C)c1ccc(CSc2nnc(C3CCCCC3)n2-c2ccccc2)cc1. The molecule has 0 amide bonds. The lowest BCUT2D eigenvalue weighted by atomic mass is 9.87. The lowest BCUT2D eigenvalue weighted by Crippen LogP contribution is -2.12. The molecule has 4 rings (SSSR count). The van der Waals surface area contributed by atoms with E-state index >= 15 is 0 Å². The number of aromatic nitrogens is 3. The number of nitrogens with zero attached hydrogens (tertiary/aromatic N) is 3. The zero-order chi connectivity index (χ0) is 20.3. The first-order valence-electron chi connectivity index (χ1n) is 10.8. The third kappa shape index (κ3) is 4.75. The van der Waals surface area contributed by atoms with E-state index in [0.29, 0.717) is 5.92 Å². The Balaban J connectivity index is 1.58. The quantitative estimate of drug-likeness (QED) is 0.432. The van der Waals surface area contributed by atoms with E-state index in [0.717, 1.165) is 16.7 Å². The summed E-state index contributed by atoms with van der Waals surface area (Å²) in [4.78, 5) is 0. The molecule has 1 heterocycles. The Kier molecular flexibility index (Phi) is 6.09. The molecule has 3 aromatic rings. The van der Waals surface area contributed by atoms with Gasteiger partial charge in [0.15, 0.2) is 5.16 Å². The molecule has 0 atom stereocenters. The van der Waals surface area contributed by atoms with Crippen molar-refractivity contribution >= 4 is 11.8 Å².